The van der Waals surface area contributed by atoms with Crippen molar-refractivity contribution < 1.29 is 18.0 Å². The first-order valence-electron chi connectivity index (χ1n) is 8.61. The zero-order valence-electron chi connectivity index (χ0n) is 15.5. The molecule has 0 bridgehead atoms. The number of nitrogens with zero attached hydrogens (tertiary/aromatic N) is 1. The van der Waals surface area contributed by atoms with Crippen LogP contribution in [0, 0.1) is 5.92 Å². The van der Waals surface area contributed by atoms with Crippen LogP contribution in [-0.4, -0.2) is 44.5 Å². The average Bonchev–Trinajstić information content (AvgIpc) is 2.57. The first-order chi connectivity index (χ1) is 11.8. The van der Waals surface area contributed by atoms with Gasteiger partial charge in [-0.2, -0.15) is 13.2 Å². The lowest BCUT2D eigenvalue weighted by atomic mass is 9.84. The van der Waals surface area contributed by atoms with Crippen LogP contribution >= 0.6 is 24.8 Å². The summed E-state index contributed by atoms with van der Waals surface area (Å²) in [5, 5.41) is 5.89. The summed E-state index contributed by atoms with van der Waals surface area (Å²) >= 11 is 0. The van der Waals surface area contributed by atoms with Gasteiger partial charge in [-0.05, 0) is 57.1 Å². The zero-order valence-corrected chi connectivity index (χ0v) is 17.1. The quantitative estimate of drug-likeness (QED) is 0.724. The molecule has 156 valence electrons. The van der Waals surface area contributed by atoms with Crippen molar-refractivity contribution in [3.8, 4) is 0 Å². The fraction of sp³-hybridized carbons (Fsp3) is 0.611. The molecule has 1 heterocycles. The molecule has 1 saturated heterocycles. The summed E-state index contributed by atoms with van der Waals surface area (Å²) in [4.78, 5) is 14.0. The molecule has 0 spiro atoms. The maximum Gasteiger partial charge on any atom is 0.416 e. The number of hydrogen-bond acceptors (Lipinski definition) is 3. The Bertz CT molecular complexity index is 570. The van der Waals surface area contributed by atoms with Gasteiger partial charge < -0.3 is 10.6 Å². The Kier molecular flexibility index (Phi) is 11.3. The predicted octanol–water partition coefficient (Wildman–Crippen LogP) is 3.66. The van der Waals surface area contributed by atoms with E-state index in [1.807, 2.05) is 7.05 Å². The summed E-state index contributed by atoms with van der Waals surface area (Å²) in [5.41, 5.74) is 0.233. The number of halogens is 5. The topological polar surface area (TPSA) is 44.4 Å². The number of likely N-dealkylation sites (tertiary alicyclic amines) is 1. The van der Waals surface area contributed by atoms with Gasteiger partial charge in [0.1, 0.15) is 0 Å². The van der Waals surface area contributed by atoms with E-state index in [2.05, 4.69) is 15.5 Å². The molecule has 1 aromatic carbocycles. The number of piperidine rings is 1. The highest BCUT2D eigenvalue weighted by Crippen LogP contribution is 2.36. The van der Waals surface area contributed by atoms with Crippen molar-refractivity contribution in [2.75, 3.05) is 33.7 Å². The number of hydrogen-bond donors (Lipinski definition) is 2. The molecule has 0 saturated carbocycles. The SMILES string of the molecule is CNCCC(=O)NCC1CCCN(C)C1c1ccc(C(F)(F)F)cc1.Cl.Cl. The molecule has 2 atom stereocenters. The van der Waals surface area contributed by atoms with E-state index in [0.717, 1.165) is 37.1 Å². The fourth-order valence-electron chi connectivity index (χ4n) is 3.44. The fourth-order valence-corrected chi connectivity index (χ4v) is 3.44. The van der Waals surface area contributed by atoms with Crippen molar-refractivity contribution >= 4 is 30.7 Å². The Labute approximate surface area is 171 Å². The van der Waals surface area contributed by atoms with Gasteiger partial charge in [-0.15, -0.1) is 24.8 Å². The Balaban J connectivity index is 0.00000338. The predicted molar refractivity (Wildman–Crippen MR) is 106 cm³/mol. The number of benzene rings is 1. The van der Waals surface area contributed by atoms with Crippen LogP contribution in [0.15, 0.2) is 24.3 Å². The Morgan fingerprint density at radius 3 is 2.41 bits per heavy atom. The molecule has 1 aliphatic heterocycles. The van der Waals surface area contributed by atoms with Gasteiger partial charge in [0.15, 0.2) is 0 Å². The summed E-state index contributed by atoms with van der Waals surface area (Å²) in [6.45, 7) is 2.06. The highest BCUT2D eigenvalue weighted by Gasteiger charge is 2.33. The van der Waals surface area contributed by atoms with Gasteiger partial charge in [0.2, 0.25) is 5.91 Å². The van der Waals surface area contributed by atoms with Crippen LogP contribution in [0.3, 0.4) is 0 Å². The van der Waals surface area contributed by atoms with Crippen molar-refractivity contribution in [1.29, 1.82) is 0 Å². The van der Waals surface area contributed by atoms with Crippen molar-refractivity contribution in [2.24, 2.45) is 5.92 Å². The molecule has 0 aromatic heterocycles. The van der Waals surface area contributed by atoms with Crippen molar-refractivity contribution in [2.45, 2.75) is 31.5 Å². The standard InChI is InChI=1S/C18H26F3N3O.2ClH/c1-22-10-9-16(25)23-12-14-4-3-11-24(2)17(14)13-5-7-15(8-6-13)18(19,20)21;;/h5-8,14,17,22H,3-4,9-12H2,1-2H3,(H,23,25);2*1H. The molecule has 1 aromatic rings. The molecule has 4 nitrogen and oxygen atoms in total. The number of amides is 1. The van der Waals surface area contributed by atoms with Crippen molar-refractivity contribution in [3.05, 3.63) is 35.4 Å². The summed E-state index contributed by atoms with van der Waals surface area (Å²) in [6.07, 6.45) is -1.94. The molecule has 1 amide bonds. The van der Waals surface area contributed by atoms with Crippen molar-refractivity contribution in [1.82, 2.24) is 15.5 Å². The third-order valence-electron chi connectivity index (χ3n) is 4.75. The molecule has 9 heteroatoms. The van der Waals surface area contributed by atoms with E-state index >= 15 is 0 Å². The van der Waals surface area contributed by atoms with E-state index in [-0.39, 0.29) is 42.7 Å². The number of nitrogens with one attached hydrogen (secondary N) is 2. The summed E-state index contributed by atoms with van der Waals surface area (Å²) in [7, 11) is 3.78. The van der Waals surface area contributed by atoms with Crippen LogP contribution in [-0.2, 0) is 11.0 Å². The molecule has 2 rings (SSSR count). The smallest absolute Gasteiger partial charge is 0.356 e. The van der Waals surface area contributed by atoms with Gasteiger partial charge in [-0.25, -0.2) is 0 Å². The zero-order chi connectivity index (χ0) is 18.4. The van der Waals surface area contributed by atoms with Gasteiger partial charge in [-0.3, -0.25) is 9.69 Å². The lowest BCUT2D eigenvalue weighted by Crippen LogP contribution is -2.42. The molecular formula is C18H28Cl2F3N3O. The molecule has 1 aliphatic rings. The molecule has 2 N–H and O–H groups in total. The normalized spacial score (nSPS) is 20.3. The van der Waals surface area contributed by atoms with E-state index < -0.39 is 11.7 Å². The minimum atomic E-state index is -4.32. The molecular weight excluding hydrogens is 402 g/mol. The second-order valence-electron chi connectivity index (χ2n) is 6.61. The lowest BCUT2D eigenvalue weighted by Gasteiger charge is -2.39. The van der Waals surface area contributed by atoms with E-state index in [1.54, 1.807) is 19.2 Å². The number of alkyl halides is 3. The monoisotopic (exact) mass is 429 g/mol. The van der Waals surface area contributed by atoms with Gasteiger partial charge in [0.25, 0.3) is 0 Å². The second-order valence-corrected chi connectivity index (χ2v) is 6.61. The molecule has 2 unspecified atom stereocenters. The minimum absolute atomic E-state index is 0. The van der Waals surface area contributed by atoms with E-state index in [9.17, 15) is 18.0 Å². The Morgan fingerprint density at radius 2 is 1.85 bits per heavy atom. The van der Waals surface area contributed by atoms with Gasteiger partial charge in [0.05, 0.1) is 5.56 Å². The van der Waals surface area contributed by atoms with Crippen LogP contribution in [0.2, 0.25) is 0 Å². The highest BCUT2D eigenvalue weighted by molar-refractivity contribution is 5.85. The molecule has 1 fully saturated rings. The largest absolute Gasteiger partial charge is 0.416 e. The van der Waals surface area contributed by atoms with E-state index in [0.29, 0.717) is 19.5 Å². The minimum Gasteiger partial charge on any atom is -0.356 e. The van der Waals surface area contributed by atoms with Crippen molar-refractivity contribution in [3.63, 3.8) is 0 Å². The summed E-state index contributed by atoms with van der Waals surface area (Å²) in [6, 6.07) is 5.41. The van der Waals surface area contributed by atoms with E-state index in [4.69, 9.17) is 0 Å². The first-order valence-corrected chi connectivity index (χ1v) is 8.61. The van der Waals surface area contributed by atoms with Crippen LogP contribution in [0.5, 0.6) is 0 Å². The number of carbonyl (C=O) groups is 1. The molecule has 0 radical (unpaired) electrons. The second kappa shape index (κ2) is 11.7. The first kappa shape index (κ1) is 26.0. The highest BCUT2D eigenvalue weighted by atomic mass is 35.5. The van der Waals surface area contributed by atoms with Crippen LogP contribution < -0.4 is 10.6 Å². The molecule has 0 aliphatic carbocycles. The van der Waals surface area contributed by atoms with Crippen LogP contribution in [0.1, 0.15) is 36.4 Å². The van der Waals surface area contributed by atoms with Gasteiger partial charge in [-0.1, -0.05) is 12.1 Å². The third kappa shape index (κ3) is 7.49. The molecule has 27 heavy (non-hydrogen) atoms. The summed E-state index contributed by atoms with van der Waals surface area (Å²) < 4.78 is 38.3. The Hall–Kier alpha value is -1.02. The summed E-state index contributed by atoms with van der Waals surface area (Å²) in [5.74, 6) is 0.183. The lowest BCUT2D eigenvalue weighted by molar-refractivity contribution is -0.137. The van der Waals surface area contributed by atoms with Crippen LogP contribution in [0.25, 0.3) is 0 Å². The van der Waals surface area contributed by atoms with E-state index in [1.165, 1.54) is 0 Å². The Morgan fingerprint density at radius 1 is 1.22 bits per heavy atom. The number of rotatable bonds is 6. The maximum absolute atomic E-state index is 12.8. The van der Waals surface area contributed by atoms with Gasteiger partial charge >= 0.3 is 6.18 Å². The maximum atomic E-state index is 12.8. The third-order valence-corrected chi connectivity index (χ3v) is 4.75. The number of carbonyl (C=O) groups excluding carboxylic acids is 1. The van der Waals surface area contributed by atoms with Crippen LogP contribution in [0.4, 0.5) is 13.2 Å². The van der Waals surface area contributed by atoms with Gasteiger partial charge in [0, 0.05) is 25.6 Å². The average molecular weight is 430 g/mol.